The van der Waals surface area contributed by atoms with Gasteiger partial charge in [-0.25, -0.2) is 9.78 Å². The maximum atomic E-state index is 13.9. The number of carbonyl (C=O) groups excluding carboxylic acids is 2. The Morgan fingerprint density at radius 1 is 0.911 bits per heavy atom. The number of nitrogens with zero attached hydrogens (tertiary/aromatic N) is 1. The van der Waals surface area contributed by atoms with Crippen LogP contribution in [0.15, 0.2) is 84.2 Å². The summed E-state index contributed by atoms with van der Waals surface area (Å²) < 4.78 is 11.2. The second-order valence-electron chi connectivity index (χ2n) is 10.2. The molecule has 0 unspecified atom stereocenters. The van der Waals surface area contributed by atoms with Crippen LogP contribution in [0.3, 0.4) is 0 Å². The molecule has 45 heavy (non-hydrogen) atoms. The van der Waals surface area contributed by atoms with Crippen molar-refractivity contribution in [2.24, 2.45) is 5.73 Å². The Morgan fingerprint density at radius 2 is 1.62 bits per heavy atom. The van der Waals surface area contributed by atoms with Crippen molar-refractivity contribution in [3.05, 3.63) is 112 Å². The molecule has 1 aliphatic heterocycles. The normalized spacial score (nSPS) is 11.8. The summed E-state index contributed by atoms with van der Waals surface area (Å²) in [6, 6.07) is 22.2. The smallest absolute Gasteiger partial charge is 0.355 e. The van der Waals surface area contributed by atoms with Crippen LogP contribution in [0.4, 0.5) is 11.4 Å². The van der Waals surface area contributed by atoms with Gasteiger partial charge in [-0.1, -0.05) is 12.1 Å². The molecule has 226 valence electrons. The van der Waals surface area contributed by atoms with Crippen molar-refractivity contribution in [1.29, 1.82) is 0 Å². The minimum absolute atomic E-state index is 0.104. The lowest BCUT2D eigenvalue weighted by Crippen LogP contribution is -2.17. The van der Waals surface area contributed by atoms with Gasteiger partial charge in [-0.2, -0.15) is 0 Å². The van der Waals surface area contributed by atoms with E-state index in [1.54, 1.807) is 59.9 Å². The van der Waals surface area contributed by atoms with E-state index in [0.717, 1.165) is 21.6 Å². The van der Waals surface area contributed by atoms with E-state index in [-0.39, 0.29) is 22.5 Å². The van der Waals surface area contributed by atoms with Gasteiger partial charge in [0.15, 0.2) is 5.69 Å². The summed E-state index contributed by atoms with van der Waals surface area (Å²) in [6.07, 6.45) is 0.692. The van der Waals surface area contributed by atoms with Crippen molar-refractivity contribution >= 4 is 40.5 Å². The molecule has 10 nitrogen and oxygen atoms in total. The van der Waals surface area contributed by atoms with Crippen LogP contribution >= 0.6 is 11.3 Å². The summed E-state index contributed by atoms with van der Waals surface area (Å²) in [4.78, 5) is 44.7. The second-order valence-corrected chi connectivity index (χ2v) is 11.1. The molecule has 6 rings (SSSR count). The van der Waals surface area contributed by atoms with Crippen LogP contribution in [0.5, 0.6) is 11.5 Å². The molecule has 0 fully saturated rings. The number of nitrogens with two attached hydrogens (primary N) is 1. The Kier molecular flexibility index (Phi) is 8.28. The van der Waals surface area contributed by atoms with Gasteiger partial charge in [0.05, 0.1) is 13.7 Å². The third kappa shape index (κ3) is 6.12. The number of ether oxygens (including phenoxy) is 2. The predicted molar refractivity (Wildman–Crippen MR) is 172 cm³/mol. The highest BCUT2D eigenvalue weighted by Crippen LogP contribution is 2.43. The number of methoxy groups -OCH3 is 1. The Balaban J connectivity index is 1.43. The monoisotopic (exact) mass is 620 g/mol. The fourth-order valence-corrected chi connectivity index (χ4v) is 6.06. The minimum atomic E-state index is -1.36. The highest BCUT2D eigenvalue weighted by molar-refractivity contribution is 7.13. The standard InChI is InChI=1S/C34H28N4O6S/c1-43-23-8-6-22(7-9-23)37-33(40)28-11-10-24(30(38-28)34(41)42)25-17-29-27(31-20(12-14-44-29)13-15-45-31)16-26(25)32(39)36-21-4-2-19(18-35)3-5-21/h2-11,13,15-17H,12,14,18,35H2,1H3,(H,36,39)(H,37,40)(H,41,42). The van der Waals surface area contributed by atoms with Crippen LogP contribution in [0.1, 0.15) is 42.5 Å². The third-order valence-corrected chi connectivity index (χ3v) is 8.39. The van der Waals surface area contributed by atoms with Gasteiger partial charge in [-0.05, 0) is 83.2 Å². The third-order valence-electron chi connectivity index (χ3n) is 7.40. The SMILES string of the molecule is COc1ccc(NC(=O)c2ccc(-c3cc4c(cc3C(=O)Nc3ccc(CN)cc3)-c3sccc3CCO4)c(C(=O)O)n2)cc1. The van der Waals surface area contributed by atoms with E-state index in [2.05, 4.69) is 15.6 Å². The molecular formula is C34H28N4O6S. The quantitative estimate of drug-likeness (QED) is 0.163. The lowest BCUT2D eigenvalue weighted by atomic mass is 9.93. The van der Waals surface area contributed by atoms with Gasteiger partial charge >= 0.3 is 5.97 Å². The molecule has 0 saturated heterocycles. The number of anilines is 2. The van der Waals surface area contributed by atoms with E-state index >= 15 is 0 Å². The van der Waals surface area contributed by atoms with E-state index in [4.69, 9.17) is 15.2 Å². The van der Waals surface area contributed by atoms with Crippen LogP contribution in [-0.2, 0) is 13.0 Å². The summed E-state index contributed by atoms with van der Waals surface area (Å²) >= 11 is 1.55. The first-order chi connectivity index (χ1) is 21.8. The number of hydrogen-bond acceptors (Lipinski definition) is 8. The number of fused-ring (bicyclic) bond motifs is 3. The molecule has 5 aromatic rings. The molecule has 0 bridgehead atoms. The van der Waals surface area contributed by atoms with E-state index in [0.29, 0.717) is 48.0 Å². The maximum Gasteiger partial charge on any atom is 0.355 e. The zero-order chi connectivity index (χ0) is 31.5. The van der Waals surface area contributed by atoms with Crippen molar-refractivity contribution in [2.45, 2.75) is 13.0 Å². The van der Waals surface area contributed by atoms with E-state index in [1.807, 2.05) is 23.6 Å². The number of rotatable bonds is 8. The molecular weight excluding hydrogens is 592 g/mol. The van der Waals surface area contributed by atoms with Gasteiger partial charge in [-0.15, -0.1) is 11.3 Å². The topological polar surface area (TPSA) is 153 Å². The van der Waals surface area contributed by atoms with Gasteiger partial charge < -0.3 is 30.9 Å². The Hall–Kier alpha value is -5.52. The predicted octanol–water partition coefficient (Wildman–Crippen LogP) is 6.08. The number of aromatic nitrogens is 1. The molecule has 0 saturated carbocycles. The summed E-state index contributed by atoms with van der Waals surface area (Å²) in [5.74, 6) is -1.26. The number of amides is 2. The van der Waals surface area contributed by atoms with Crippen LogP contribution in [0.2, 0.25) is 0 Å². The average Bonchev–Trinajstić information content (AvgIpc) is 3.46. The number of nitrogens with one attached hydrogen (secondary N) is 2. The van der Waals surface area contributed by atoms with Crippen molar-refractivity contribution in [1.82, 2.24) is 4.98 Å². The molecule has 2 amide bonds. The zero-order valence-corrected chi connectivity index (χ0v) is 24.9. The first-order valence-corrected chi connectivity index (χ1v) is 14.9. The number of carboxylic acids is 1. The number of thiophene rings is 1. The Labute approximate surface area is 262 Å². The van der Waals surface area contributed by atoms with Crippen molar-refractivity contribution in [2.75, 3.05) is 24.4 Å². The van der Waals surface area contributed by atoms with Gasteiger partial charge in [0.1, 0.15) is 17.2 Å². The van der Waals surface area contributed by atoms with Crippen molar-refractivity contribution < 1.29 is 29.0 Å². The molecule has 11 heteroatoms. The fraction of sp³-hybridized carbons (Fsp3) is 0.118. The number of aromatic carboxylic acids is 1. The maximum absolute atomic E-state index is 13.9. The van der Waals surface area contributed by atoms with Crippen LogP contribution in [-0.4, -0.2) is 41.6 Å². The van der Waals surface area contributed by atoms with E-state index in [1.165, 1.54) is 19.2 Å². The van der Waals surface area contributed by atoms with Gasteiger partial charge in [0.2, 0.25) is 0 Å². The van der Waals surface area contributed by atoms with E-state index in [9.17, 15) is 19.5 Å². The van der Waals surface area contributed by atoms with Crippen LogP contribution in [0, 0.1) is 0 Å². The number of benzene rings is 3. The lowest BCUT2D eigenvalue weighted by Gasteiger charge is -2.17. The summed E-state index contributed by atoms with van der Waals surface area (Å²) in [7, 11) is 1.54. The highest BCUT2D eigenvalue weighted by Gasteiger charge is 2.26. The molecule has 3 aromatic carbocycles. The average molecular weight is 621 g/mol. The zero-order valence-electron chi connectivity index (χ0n) is 24.1. The van der Waals surface area contributed by atoms with Crippen LogP contribution < -0.4 is 25.8 Å². The largest absolute Gasteiger partial charge is 0.497 e. The molecule has 2 aromatic heterocycles. The van der Waals surface area contributed by atoms with Gasteiger partial charge in [-0.3, -0.25) is 9.59 Å². The fourth-order valence-electron chi connectivity index (χ4n) is 5.09. The lowest BCUT2D eigenvalue weighted by molar-refractivity contribution is 0.0691. The summed E-state index contributed by atoms with van der Waals surface area (Å²) in [5.41, 5.74) is 9.71. The van der Waals surface area contributed by atoms with E-state index < -0.39 is 17.8 Å². The number of carboxylic acid groups (broad SMARTS) is 1. The number of carbonyl (C=O) groups is 3. The van der Waals surface area contributed by atoms with Crippen molar-refractivity contribution in [3.63, 3.8) is 0 Å². The first kappa shape index (κ1) is 29.5. The molecule has 1 aliphatic rings. The Morgan fingerprint density at radius 3 is 2.31 bits per heavy atom. The second kappa shape index (κ2) is 12.6. The Bertz CT molecular complexity index is 1920. The molecule has 0 spiro atoms. The number of pyridine rings is 1. The number of hydrogen-bond donors (Lipinski definition) is 4. The summed E-state index contributed by atoms with van der Waals surface area (Å²) in [5, 5.41) is 17.9. The molecule has 0 aliphatic carbocycles. The van der Waals surface area contributed by atoms with Crippen LogP contribution in [0.25, 0.3) is 21.6 Å². The molecule has 5 N–H and O–H groups in total. The van der Waals surface area contributed by atoms with Crippen molar-refractivity contribution in [3.8, 4) is 33.1 Å². The molecule has 3 heterocycles. The molecule has 0 radical (unpaired) electrons. The first-order valence-electron chi connectivity index (χ1n) is 14.0. The minimum Gasteiger partial charge on any atom is -0.497 e. The van der Waals surface area contributed by atoms with Gasteiger partial charge in [0, 0.05) is 51.5 Å². The van der Waals surface area contributed by atoms with Gasteiger partial charge in [0.25, 0.3) is 11.8 Å². The molecule has 0 atom stereocenters. The summed E-state index contributed by atoms with van der Waals surface area (Å²) in [6.45, 7) is 0.787. The highest BCUT2D eigenvalue weighted by atomic mass is 32.1.